The van der Waals surface area contributed by atoms with Crippen LogP contribution in [0.25, 0.3) is 5.65 Å². The summed E-state index contributed by atoms with van der Waals surface area (Å²) in [4.78, 5) is 36.2. The summed E-state index contributed by atoms with van der Waals surface area (Å²) in [5.74, 6) is 0.266. The molecule has 5 rings (SSSR count). The van der Waals surface area contributed by atoms with Crippen molar-refractivity contribution in [2.75, 3.05) is 13.1 Å². The Morgan fingerprint density at radius 3 is 2.76 bits per heavy atom. The van der Waals surface area contributed by atoms with Gasteiger partial charge < -0.3 is 14.6 Å². The predicted octanol–water partition coefficient (Wildman–Crippen LogP) is 1.28. The molecule has 29 heavy (non-hydrogen) atoms. The van der Waals surface area contributed by atoms with E-state index in [-0.39, 0.29) is 29.0 Å². The van der Waals surface area contributed by atoms with Crippen molar-refractivity contribution in [3.05, 3.63) is 64.7 Å². The first-order valence-electron chi connectivity index (χ1n) is 9.95. The van der Waals surface area contributed by atoms with E-state index in [4.69, 9.17) is 0 Å². The van der Waals surface area contributed by atoms with Crippen LogP contribution in [0.5, 0.6) is 0 Å². The summed E-state index contributed by atoms with van der Waals surface area (Å²) in [6.45, 7) is 2.98. The first-order valence-corrected chi connectivity index (χ1v) is 9.95. The summed E-state index contributed by atoms with van der Waals surface area (Å²) in [5.41, 5.74) is 1.05. The van der Waals surface area contributed by atoms with Crippen molar-refractivity contribution in [3.63, 3.8) is 0 Å². The molecule has 0 radical (unpaired) electrons. The molecule has 0 spiro atoms. The number of carbonyl (C=O) groups excluding carboxylic acids is 1. The van der Waals surface area contributed by atoms with Crippen LogP contribution in [0.1, 0.15) is 34.9 Å². The van der Waals surface area contributed by atoms with E-state index in [2.05, 4.69) is 9.97 Å². The topological polar surface area (TPSA) is 92.7 Å². The molecule has 1 saturated carbocycles. The lowest BCUT2D eigenvalue weighted by Crippen LogP contribution is -2.35. The van der Waals surface area contributed by atoms with Gasteiger partial charge >= 0.3 is 0 Å². The first-order chi connectivity index (χ1) is 14.0. The van der Waals surface area contributed by atoms with E-state index in [1.54, 1.807) is 23.5 Å². The zero-order valence-electron chi connectivity index (χ0n) is 16.2. The number of imidazole rings is 1. The van der Waals surface area contributed by atoms with Crippen LogP contribution >= 0.6 is 0 Å². The van der Waals surface area contributed by atoms with Crippen molar-refractivity contribution >= 4 is 11.6 Å². The van der Waals surface area contributed by atoms with E-state index in [1.807, 2.05) is 29.8 Å². The summed E-state index contributed by atoms with van der Waals surface area (Å²) >= 11 is 0. The van der Waals surface area contributed by atoms with E-state index in [1.165, 1.54) is 10.6 Å². The van der Waals surface area contributed by atoms with Gasteiger partial charge in [0, 0.05) is 37.4 Å². The van der Waals surface area contributed by atoms with Crippen LogP contribution in [0.4, 0.5) is 0 Å². The Bertz CT molecular complexity index is 1120. The van der Waals surface area contributed by atoms with Gasteiger partial charge in [0.25, 0.3) is 11.5 Å². The number of rotatable bonds is 2. The Kier molecular flexibility index (Phi) is 4.24. The SMILES string of the molecule is Cc1cccc2ncc(C(=O)N3C[C@H]4C[C@@H](n5ccnc5)[C@H](O)C[C@H]4C3)c(=O)n12. The average molecular weight is 393 g/mol. The van der Waals surface area contributed by atoms with Crippen molar-refractivity contribution in [1.29, 1.82) is 0 Å². The lowest BCUT2D eigenvalue weighted by Gasteiger charge is -2.35. The van der Waals surface area contributed by atoms with E-state index >= 15 is 0 Å². The molecule has 3 aromatic heterocycles. The van der Waals surface area contributed by atoms with Gasteiger partial charge in [0.15, 0.2) is 0 Å². The zero-order valence-corrected chi connectivity index (χ0v) is 16.2. The Balaban J connectivity index is 1.40. The number of pyridine rings is 1. The summed E-state index contributed by atoms with van der Waals surface area (Å²) in [6.07, 6.45) is 7.68. The molecule has 1 N–H and O–H groups in total. The fraction of sp³-hybridized carbons (Fsp3) is 0.429. The zero-order chi connectivity index (χ0) is 20.1. The minimum Gasteiger partial charge on any atom is -0.391 e. The normalized spacial score (nSPS) is 26.6. The van der Waals surface area contributed by atoms with Gasteiger partial charge in [-0.15, -0.1) is 0 Å². The molecular formula is C21H23N5O3. The number of aliphatic hydroxyl groups is 1. The number of amides is 1. The van der Waals surface area contributed by atoms with Crippen LogP contribution < -0.4 is 5.56 Å². The average Bonchev–Trinajstić information content (AvgIpc) is 3.36. The number of hydrogen-bond acceptors (Lipinski definition) is 5. The number of carbonyl (C=O) groups is 1. The summed E-state index contributed by atoms with van der Waals surface area (Å²) in [6, 6.07) is 5.40. The molecule has 4 atom stereocenters. The Morgan fingerprint density at radius 2 is 2.00 bits per heavy atom. The number of fused-ring (bicyclic) bond motifs is 2. The number of aliphatic hydroxyl groups excluding tert-OH is 1. The maximum Gasteiger partial charge on any atom is 0.270 e. The molecular weight excluding hydrogens is 370 g/mol. The molecule has 0 unspecified atom stereocenters. The number of likely N-dealkylation sites (tertiary alicyclic amines) is 1. The fourth-order valence-corrected chi connectivity index (χ4v) is 4.95. The number of nitrogens with zero attached hydrogens (tertiary/aromatic N) is 5. The lowest BCUT2D eigenvalue weighted by atomic mass is 9.77. The highest BCUT2D eigenvalue weighted by molar-refractivity contribution is 5.94. The maximum absolute atomic E-state index is 13.2. The number of hydrogen-bond donors (Lipinski definition) is 1. The molecule has 2 aliphatic rings. The standard InChI is InChI=1S/C21H23N5O3/c1-13-3-2-4-19-23-9-16(21(29)26(13)19)20(28)25-10-14-7-17(24-6-5-22-12-24)18(27)8-15(14)11-25/h2-6,9,12,14-15,17-18,27H,7-8,10-11H2,1H3/t14-,15+,17-,18-/m1/s1. The van der Waals surface area contributed by atoms with E-state index in [9.17, 15) is 14.7 Å². The predicted molar refractivity (Wildman–Crippen MR) is 106 cm³/mol. The van der Waals surface area contributed by atoms with Crippen LogP contribution in [0.15, 0.2) is 47.9 Å². The minimum absolute atomic E-state index is 0.0237. The third kappa shape index (κ3) is 2.95. The van der Waals surface area contributed by atoms with Crippen molar-refractivity contribution in [2.24, 2.45) is 11.8 Å². The molecule has 3 aromatic rings. The first kappa shape index (κ1) is 18.1. The lowest BCUT2D eigenvalue weighted by molar-refractivity contribution is 0.0357. The van der Waals surface area contributed by atoms with Crippen LogP contribution in [0.3, 0.4) is 0 Å². The second-order valence-corrected chi connectivity index (χ2v) is 8.18. The number of aromatic nitrogens is 4. The molecule has 2 fully saturated rings. The molecule has 0 bridgehead atoms. The molecule has 150 valence electrons. The van der Waals surface area contributed by atoms with Gasteiger partial charge in [-0.25, -0.2) is 9.97 Å². The largest absolute Gasteiger partial charge is 0.391 e. The molecule has 1 amide bonds. The van der Waals surface area contributed by atoms with Crippen molar-refractivity contribution in [3.8, 4) is 0 Å². The molecule has 0 aromatic carbocycles. The summed E-state index contributed by atoms with van der Waals surface area (Å²) < 4.78 is 3.43. The molecule has 4 heterocycles. The minimum atomic E-state index is -0.462. The van der Waals surface area contributed by atoms with Crippen LogP contribution in [-0.4, -0.2) is 54.0 Å². The molecule has 1 aliphatic heterocycles. The van der Waals surface area contributed by atoms with Crippen molar-refractivity contribution < 1.29 is 9.90 Å². The third-order valence-corrected chi connectivity index (χ3v) is 6.46. The van der Waals surface area contributed by atoms with E-state index in [0.717, 1.165) is 12.1 Å². The molecule has 1 saturated heterocycles. The Morgan fingerprint density at radius 1 is 1.21 bits per heavy atom. The second-order valence-electron chi connectivity index (χ2n) is 8.18. The maximum atomic E-state index is 13.2. The van der Waals surface area contributed by atoms with Gasteiger partial charge in [0.2, 0.25) is 0 Å². The van der Waals surface area contributed by atoms with Crippen LogP contribution in [0.2, 0.25) is 0 Å². The summed E-state index contributed by atoms with van der Waals surface area (Å²) in [7, 11) is 0. The smallest absolute Gasteiger partial charge is 0.270 e. The van der Waals surface area contributed by atoms with E-state index < -0.39 is 6.10 Å². The molecule has 1 aliphatic carbocycles. The molecule has 8 nitrogen and oxygen atoms in total. The van der Waals surface area contributed by atoms with Gasteiger partial charge in [-0.05, 0) is 43.7 Å². The highest BCUT2D eigenvalue weighted by atomic mass is 16.3. The molecule has 8 heteroatoms. The van der Waals surface area contributed by atoms with E-state index in [0.29, 0.717) is 31.1 Å². The highest BCUT2D eigenvalue weighted by Gasteiger charge is 2.43. The Hall–Kier alpha value is -3.00. The van der Waals surface area contributed by atoms with Gasteiger partial charge in [0.05, 0.1) is 18.5 Å². The van der Waals surface area contributed by atoms with Crippen molar-refractivity contribution in [2.45, 2.75) is 31.9 Å². The summed E-state index contributed by atoms with van der Waals surface area (Å²) in [5, 5.41) is 10.6. The Labute approximate surface area is 167 Å². The second kappa shape index (κ2) is 6.81. The fourth-order valence-electron chi connectivity index (χ4n) is 4.95. The quantitative estimate of drug-likeness (QED) is 0.708. The third-order valence-electron chi connectivity index (χ3n) is 6.46. The van der Waals surface area contributed by atoms with Crippen LogP contribution in [-0.2, 0) is 0 Å². The van der Waals surface area contributed by atoms with Gasteiger partial charge in [-0.2, -0.15) is 0 Å². The van der Waals surface area contributed by atoms with Crippen LogP contribution in [0, 0.1) is 18.8 Å². The van der Waals surface area contributed by atoms with Gasteiger partial charge in [-0.1, -0.05) is 6.07 Å². The monoisotopic (exact) mass is 393 g/mol. The van der Waals surface area contributed by atoms with Crippen molar-refractivity contribution in [1.82, 2.24) is 23.8 Å². The highest BCUT2D eigenvalue weighted by Crippen LogP contribution is 2.41. The van der Waals surface area contributed by atoms with Gasteiger partial charge in [-0.3, -0.25) is 14.0 Å². The van der Waals surface area contributed by atoms with Gasteiger partial charge in [0.1, 0.15) is 11.2 Å². The number of aryl methyl sites for hydroxylation is 1.